The topological polar surface area (TPSA) is 139 Å². The molecule has 3 aromatic rings. The number of hydrogen-bond donors (Lipinski definition) is 1. The summed E-state index contributed by atoms with van der Waals surface area (Å²) in [5.74, 6) is -1.20. The highest BCUT2D eigenvalue weighted by Gasteiger charge is 2.34. The minimum absolute atomic E-state index is 0.00163. The number of nitro benzene ring substituents is 1. The fourth-order valence-electron chi connectivity index (χ4n) is 4.35. The molecule has 0 fully saturated rings. The van der Waals surface area contributed by atoms with Crippen molar-refractivity contribution in [3.63, 3.8) is 0 Å². The fourth-order valence-corrected chi connectivity index (χ4v) is 5.52. The number of nitro groups is 1. The number of anilines is 1. The molecule has 43 heavy (non-hydrogen) atoms. The van der Waals surface area contributed by atoms with Gasteiger partial charge in [0.2, 0.25) is 21.8 Å². The molecule has 1 unspecified atom stereocenters. The molecule has 1 N–H and O–H groups in total. The molecule has 230 valence electrons. The van der Waals surface area contributed by atoms with Gasteiger partial charge in [-0.2, -0.15) is 0 Å². The summed E-state index contributed by atoms with van der Waals surface area (Å²) in [4.78, 5) is 39.9. The van der Waals surface area contributed by atoms with E-state index in [9.17, 15) is 28.1 Å². The van der Waals surface area contributed by atoms with E-state index in [1.54, 1.807) is 44.2 Å². The average Bonchev–Trinajstić information content (AvgIpc) is 2.94. The van der Waals surface area contributed by atoms with Crippen LogP contribution in [0.25, 0.3) is 0 Å². The SMILES string of the molecule is COc1ccc([N+](=O)[O-])cc1N(CC(=O)N(Cc1ccc(Cl)c(Cl)c1)C(Cc1ccccc1)C(=O)NC(C)C)S(C)(=O)=O. The van der Waals surface area contributed by atoms with Gasteiger partial charge in [-0.15, -0.1) is 0 Å². The van der Waals surface area contributed by atoms with Crippen LogP contribution in [-0.2, 0) is 32.6 Å². The zero-order valence-electron chi connectivity index (χ0n) is 24.0. The first-order valence-corrected chi connectivity index (χ1v) is 15.7. The summed E-state index contributed by atoms with van der Waals surface area (Å²) in [6, 6.07) is 15.9. The predicted molar refractivity (Wildman–Crippen MR) is 166 cm³/mol. The quantitative estimate of drug-likeness (QED) is 0.206. The summed E-state index contributed by atoms with van der Waals surface area (Å²) >= 11 is 12.3. The molecule has 0 heterocycles. The molecule has 14 heteroatoms. The number of sulfonamides is 1. The van der Waals surface area contributed by atoms with Crippen molar-refractivity contribution in [1.29, 1.82) is 0 Å². The Kier molecular flexibility index (Phi) is 11.4. The van der Waals surface area contributed by atoms with E-state index in [4.69, 9.17) is 27.9 Å². The monoisotopic (exact) mass is 650 g/mol. The first-order valence-electron chi connectivity index (χ1n) is 13.1. The fraction of sp³-hybridized carbons (Fsp3) is 0.310. The van der Waals surface area contributed by atoms with Crippen LogP contribution in [-0.4, -0.2) is 62.0 Å². The number of nitrogens with zero attached hydrogens (tertiary/aromatic N) is 3. The molecule has 0 aromatic heterocycles. The van der Waals surface area contributed by atoms with Gasteiger partial charge in [0, 0.05) is 31.1 Å². The molecule has 2 amide bonds. The number of nitrogens with one attached hydrogen (secondary N) is 1. The molecular weight excluding hydrogens is 619 g/mol. The molecule has 0 spiro atoms. The second-order valence-corrected chi connectivity index (χ2v) is 12.7. The lowest BCUT2D eigenvalue weighted by molar-refractivity contribution is -0.384. The van der Waals surface area contributed by atoms with Crippen LogP contribution in [0.3, 0.4) is 0 Å². The summed E-state index contributed by atoms with van der Waals surface area (Å²) in [6.07, 6.45) is 0.986. The van der Waals surface area contributed by atoms with E-state index in [1.807, 2.05) is 18.2 Å². The Morgan fingerprint density at radius 1 is 1.00 bits per heavy atom. The Hall–Kier alpha value is -3.87. The molecule has 0 saturated carbocycles. The number of carbonyl (C=O) groups excluding carboxylic acids is 2. The summed E-state index contributed by atoms with van der Waals surface area (Å²) < 4.78 is 32.1. The highest BCUT2D eigenvalue weighted by atomic mass is 35.5. The summed E-state index contributed by atoms with van der Waals surface area (Å²) in [5, 5.41) is 14.9. The number of amides is 2. The van der Waals surface area contributed by atoms with Crippen LogP contribution in [0.15, 0.2) is 66.7 Å². The van der Waals surface area contributed by atoms with Crippen molar-refractivity contribution in [3.8, 4) is 5.75 Å². The normalized spacial score (nSPS) is 12.0. The van der Waals surface area contributed by atoms with Gasteiger partial charge in [-0.05, 0) is 43.2 Å². The molecule has 0 bridgehead atoms. The van der Waals surface area contributed by atoms with Gasteiger partial charge in [-0.3, -0.25) is 24.0 Å². The van der Waals surface area contributed by atoms with Crippen LogP contribution in [0.1, 0.15) is 25.0 Å². The molecule has 0 radical (unpaired) electrons. The summed E-state index contributed by atoms with van der Waals surface area (Å²) in [7, 11) is -2.91. The van der Waals surface area contributed by atoms with Crippen LogP contribution in [0, 0.1) is 10.1 Å². The maximum absolute atomic E-state index is 14.2. The third-order valence-corrected chi connectivity index (χ3v) is 8.23. The van der Waals surface area contributed by atoms with Gasteiger partial charge in [-0.1, -0.05) is 59.6 Å². The summed E-state index contributed by atoms with van der Waals surface area (Å²) in [5.41, 5.74) is 0.701. The number of ether oxygens (including phenoxy) is 1. The van der Waals surface area contributed by atoms with Gasteiger partial charge >= 0.3 is 0 Å². The standard InChI is InChI=1S/C29H32Cl2N4O7S/c1-19(2)32-29(37)26(15-20-8-6-5-7-9-20)33(17-21-10-12-23(30)24(31)14-21)28(36)18-34(43(4,40)41)25-16-22(35(38)39)11-13-27(25)42-3/h5-14,16,19,26H,15,17-18H2,1-4H3,(H,32,37). The number of carbonyl (C=O) groups is 2. The van der Waals surface area contributed by atoms with Crippen molar-refractivity contribution in [1.82, 2.24) is 10.2 Å². The predicted octanol–water partition coefficient (Wildman–Crippen LogP) is 4.84. The Labute approximate surface area is 260 Å². The second kappa shape index (κ2) is 14.5. The minimum atomic E-state index is -4.19. The first kappa shape index (κ1) is 33.6. The zero-order valence-corrected chi connectivity index (χ0v) is 26.3. The molecule has 1 atom stereocenters. The van der Waals surface area contributed by atoms with E-state index < -0.39 is 45.0 Å². The number of halogens is 2. The second-order valence-electron chi connectivity index (χ2n) is 10.0. The van der Waals surface area contributed by atoms with E-state index in [1.165, 1.54) is 18.1 Å². The largest absolute Gasteiger partial charge is 0.495 e. The molecular formula is C29H32Cl2N4O7S. The Morgan fingerprint density at radius 3 is 2.23 bits per heavy atom. The Bertz CT molecular complexity index is 1590. The molecule has 0 aliphatic carbocycles. The van der Waals surface area contributed by atoms with E-state index in [2.05, 4.69) is 5.32 Å². The number of methoxy groups -OCH3 is 1. The molecule has 3 aromatic carbocycles. The van der Waals surface area contributed by atoms with Crippen molar-refractivity contribution in [2.75, 3.05) is 24.2 Å². The van der Waals surface area contributed by atoms with Gasteiger partial charge in [-0.25, -0.2) is 8.42 Å². The highest BCUT2D eigenvalue weighted by molar-refractivity contribution is 7.92. The lowest BCUT2D eigenvalue weighted by atomic mass is 10.0. The van der Waals surface area contributed by atoms with Crippen LogP contribution in [0.4, 0.5) is 11.4 Å². The summed E-state index contributed by atoms with van der Waals surface area (Å²) in [6.45, 7) is 2.66. The molecule has 0 saturated heterocycles. The van der Waals surface area contributed by atoms with Crippen molar-refractivity contribution in [2.45, 2.75) is 38.9 Å². The molecule has 3 rings (SSSR count). The van der Waals surface area contributed by atoms with Gasteiger partial charge in [0.15, 0.2) is 0 Å². The van der Waals surface area contributed by atoms with Crippen LogP contribution < -0.4 is 14.4 Å². The third kappa shape index (κ3) is 9.06. The first-order chi connectivity index (χ1) is 20.2. The lowest BCUT2D eigenvalue weighted by Gasteiger charge is -2.34. The van der Waals surface area contributed by atoms with Gasteiger partial charge in [0.05, 0.1) is 28.3 Å². The minimum Gasteiger partial charge on any atom is -0.495 e. The van der Waals surface area contributed by atoms with Crippen LogP contribution in [0.5, 0.6) is 5.75 Å². The molecule has 11 nitrogen and oxygen atoms in total. The average molecular weight is 652 g/mol. The van der Waals surface area contributed by atoms with Crippen molar-refractivity contribution in [3.05, 3.63) is 98.0 Å². The third-order valence-electron chi connectivity index (χ3n) is 6.36. The Morgan fingerprint density at radius 2 is 1.67 bits per heavy atom. The van der Waals surface area contributed by atoms with E-state index in [-0.39, 0.29) is 35.5 Å². The van der Waals surface area contributed by atoms with Crippen molar-refractivity contribution < 1.29 is 27.7 Å². The van der Waals surface area contributed by atoms with E-state index >= 15 is 0 Å². The molecule has 0 aliphatic rings. The van der Waals surface area contributed by atoms with E-state index in [0.29, 0.717) is 10.6 Å². The van der Waals surface area contributed by atoms with E-state index in [0.717, 1.165) is 28.3 Å². The van der Waals surface area contributed by atoms with Crippen LogP contribution in [0.2, 0.25) is 10.0 Å². The number of hydrogen-bond acceptors (Lipinski definition) is 7. The molecule has 0 aliphatic heterocycles. The number of rotatable bonds is 13. The highest BCUT2D eigenvalue weighted by Crippen LogP contribution is 2.34. The van der Waals surface area contributed by atoms with Gasteiger partial charge in [0.1, 0.15) is 24.0 Å². The smallest absolute Gasteiger partial charge is 0.271 e. The van der Waals surface area contributed by atoms with Crippen molar-refractivity contribution >= 4 is 56.4 Å². The maximum atomic E-state index is 14.2. The van der Waals surface area contributed by atoms with Gasteiger partial charge in [0.25, 0.3) is 5.69 Å². The Balaban J connectivity index is 2.15. The maximum Gasteiger partial charge on any atom is 0.271 e. The zero-order chi connectivity index (χ0) is 31.9. The number of non-ortho nitro benzene ring substituents is 1. The van der Waals surface area contributed by atoms with Gasteiger partial charge < -0.3 is 15.0 Å². The lowest BCUT2D eigenvalue weighted by Crippen LogP contribution is -2.54. The van der Waals surface area contributed by atoms with Crippen LogP contribution >= 0.6 is 23.2 Å². The number of benzene rings is 3. The van der Waals surface area contributed by atoms with Crippen molar-refractivity contribution in [2.24, 2.45) is 0 Å².